The maximum Gasteiger partial charge on any atom is 0.224 e. The van der Waals surface area contributed by atoms with Crippen LogP contribution in [-0.2, 0) is 0 Å². The fourth-order valence-electron chi connectivity index (χ4n) is 1.64. The molecule has 84 valence electrons. The van der Waals surface area contributed by atoms with Crippen LogP contribution < -0.4 is 15.6 Å². The summed E-state index contributed by atoms with van der Waals surface area (Å²) in [5.74, 6) is 0. The molecule has 0 unspecified atom stereocenters. The van der Waals surface area contributed by atoms with Crippen LogP contribution >= 0.6 is 12.2 Å². The van der Waals surface area contributed by atoms with Crippen LogP contribution in [-0.4, -0.2) is 19.6 Å². The van der Waals surface area contributed by atoms with E-state index in [0.29, 0.717) is 4.51 Å². The number of hydrogen-bond donors (Lipinski definition) is 1. The predicted molar refractivity (Wildman–Crippen MR) is 68.3 cm³/mol. The minimum Gasteiger partial charge on any atom is -0.382 e. The first-order chi connectivity index (χ1) is 7.17. The van der Waals surface area contributed by atoms with E-state index in [-0.39, 0.29) is 5.43 Å². The van der Waals surface area contributed by atoms with Crippen LogP contribution in [0.5, 0.6) is 0 Å². The van der Waals surface area contributed by atoms with E-state index in [1.807, 2.05) is 13.8 Å². The molecule has 4 heteroatoms. The summed E-state index contributed by atoms with van der Waals surface area (Å²) in [7, 11) is 0. The lowest BCUT2D eigenvalue weighted by Crippen LogP contribution is -2.32. The molecule has 1 aromatic rings. The Morgan fingerprint density at radius 2 is 1.87 bits per heavy atom. The maximum absolute atomic E-state index is 11.6. The fourth-order valence-corrected chi connectivity index (χ4v) is 1.90. The van der Waals surface area contributed by atoms with Crippen molar-refractivity contribution in [1.82, 2.24) is 0 Å². The summed E-state index contributed by atoms with van der Waals surface area (Å²) in [5.41, 5.74) is 1.67. The van der Waals surface area contributed by atoms with Gasteiger partial charge in [0.05, 0.1) is 5.69 Å². The molecule has 3 nitrogen and oxygen atoms in total. The van der Waals surface area contributed by atoms with E-state index >= 15 is 0 Å². The van der Waals surface area contributed by atoms with Gasteiger partial charge in [-0.3, -0.25) is 4.79 Å². The second kappa shape index (κ2) is 5.26. The molecular formula is C11H18N2OS. The molecule has 0 radical (unpaired) electrons. The van der Waals surface area contributed by atoms with Gasteiger partial charge in [-0.15, -0.1) is 0 Å². The molecule has 0 aliphatic heterocycles. The average molecular weight is 226 g/mol. The molecule has 0 bridgehead atoms. The summed E-state index contributed by atoms with van der Waals surface area (Å²) < 4.78 is 0.463. The Balaban J connectivity index is 2.92. The monoisotopic (exact) mass is 226 g/mol. The van der Waals surface area contributed by atoms with Crippen molar-refractivity contribution in [2.45, 2.75) is 27.2 Å². The number of hydrogen-bond acceptors (Lipinski definition) is 4. The lowest BCUT2D eigenvalue weighted by Gasteiger charge is -2.25. The van der Waals surface area contributed by atoms with E-state index in [0.717, 1.165) is 37.4 Å². The second-order valence-electron chi connectivity index (χ2n) is 3.48. The van der Waals surface area contributed by atoms with Crippen molar-refractivity contribution in [1.29, 1.82) is 0 Å². The van der Waals surface area contributed by atoms with E-state index in [1.165, 1.54) is 0 Å². The van der Waals surface area contributed by atoms with Gasteiger partial charge in [0.15, 0.2) is 0 Å². The molecule has 1 aromatic carbocycles. The van der Waals surface area contributed by atoms with Gasteiger partial charge < -0.3 is 10.2 Å². The molecule has 0 saturated heterocycles. The largest absolute Gasteiger partial charge is 0.382 e. The fraction of sp³-hybridized carbons (Fsp3) is 0.636. The zero-order valence-electron chi connectivity index (χ0n) is 9.59. The number of anilines is 2. The Hall–Kier alpha value is -0.900. The summed E-state index contributed by atoms with van der Waals surface area (Å²) in [6, 6.07) is 0. The Morgan fingerprint density at radius 1 is 1.27 bits per heavy atom. The van der Waals surface area contributed by atoms with Gasteiger partial charge >= 0.3 is 0 Å². The molecule has 0 saturated carbocycles. The van der Waals surface area contributed by atoms with Gasteiger partial charge in [0.1, 0.15) is 10.2 Å². The van der Waals surface area contributed by atoms with E-state index in [1.54, 1.807) is 0 Å². The molecule has 15 heavy (non-hydrogen) atoms. The van der Waals surface area contributed by atoms with Crippen molar-refractivity contribution < 1.29 is 0 Å². The first-order valence-electron chi connectivity index (χ1n) is 5.49. The zero-order chi connectivity index (χ0) is 11.4. The molecule has 0 aliphatic rings. The van der Waals surface area contributed by atoms with Crippen LogP contribution in [0.4, 0.5) is 11.4 Å². The molecule has 0 atom stereocenters. The topological polar surface area (TPSA) is 32.3 Å². The van der Waals surface area contributed by atoms with Crippen LogP contribution in [0.2, 0.25) is 0 Å². The molecule has 1 N–H and O–H groups in total. The second-order valence-corrected chi connectivity index (χ2v) is 3.89. The molecular weight excluding hydrogens is 208 g/mol. The Labute approximate surface area is 95.8 Å². The lowest BCUT2D eigenvalue weighted by molar-refractivity contribution is 0.854. The number of nitrogens with zero attached hydrogens (tertiary/aromatic N) is 1. The third-order valence-electron chi connectivity index (χ3n) is 2.52. The standard InChI is InChI=1S/C11H18N2OS/c1-4-7-12-8-9(10(14)11(8)15)13(5-2)6-3/h12H,4-7H2,1-3H3. The normalized spacial score (nSPS) is 10.6. The molecule has 1 rings (SSSR count). The Morgan fingerprint density at radius 3 is 2.33 bits per heavy atom. The number of rotatable bonds is 6. The van der Waals surface area contributed by atoms with Gasteiger partial charge in [-0.1, -0.05) is 19.1 Å². The van der Waals surface area contributed by atoms with E-state index in [4.69, 9.17) is 12.2 Å². The maximum atomic E-state index is 11.6. The van der Waals surface area contributed by atoms with Crippen LogP contribution in [0.3, 0.4) is 0 Å². The lowest BCUT2D eigenvalue weighted by atomic mass is 10.1. The summed E-state index contributed by atoms with van der Waals surface area (Å²) in [4.78, 5) is 13.7. The highest BCUT2D eigenvalue weighted by Crippen LogP contribution is 2.26. The molecule has 0 aliphatic carbocycles. The molecule has 0 fully saturated rings. The zero-order valence-corrected chi connectivity index (χ0v) is 10.4. The Bertz CT molecular complexity index is 389. The first kappa shape index (κ1) is 12.2. The first-order valence-corrected chi connectivity index (χ1v) is 5.90. The summed E-state index contributed by atoms with van der Waals surface area (Å²) >= 11 is 5.04. The van der Waals surface area contributed by atoms with Crippen molar-refractivity contribution in [2.75, 3.05) is 29.9 Å². The third kappa shape index (κ3) is 2.20. The molecule has 0 amide bonds. The summed E-state index contributed by atoms with van der Waals surface area (Å²) in [5, 5.41) is 3.22. The van der Waals surface area contributed by atoms with Crippen molar-refractivity contribution in [2.24, 2.45) is 0 Å². The predicted octanol–water partition coefficient (Wildman–Crippen LogP) is 2.32. The van der Waals surface area contributed by atoms with Crippen LogP contribution in [0.15, 0.2) is 4.79 Å². The van der Waals surface area contributed by atoms with Crippen molar-refractivity contribution in [3.63, 3.8) is 0 Å². The average Bonchev–Trinajstić information content (AvgIpc) is 2.27. The quantitative estimate of drug-likeness (QED) is 0.755. The highest BCUT2D eigenvalue weighted by molar-refractivity contribution is 7.71. The van der Waals surface area contributed by atoms with Gasteiger partial charge in [-0.05, 0) is 20.3 Å². The number of nitrogens with one attached hydrogen (secondary N) is 1. The third-order valence-corrected chi connectivity index (χ3v) is 2.91. The van der Waals surface area contributed by atoms with Gasteiger partial charge in [-0.2, -0.15) is 0 Å². The molecule has 0 aromatic heterocycles. The van der Waals surface area contributed by atoms with Crippen LogP contribution in [0.1, 0.15) is 27.2 Å². The smallest absolute Gasteiger partial charge is 0.224 e. The molecule has 0 spiro atoms. The van der Waals surface area contributed by atoms with Crippen LogP contribution in [0, 0.1) is 4.51 Å². The van der Waals surface area contributed by atoms with E-state index in [2.05, 4.69) is 17.1 Å². The highest BCUT2D eigenvalue weighted by atomic mass is 32.1. The highest BCUT2D eigenvalue weighted by Gasteiger charge is 2.20. The van der Waals surface area contributed by atoms with Crippen molar-refractivity contribution >= 4 is 23.6 Å². The van der Waals surface area contributed by atoms with Gasteiger partial charge in [-0.25, -0.2) is 0 Å². The minimum absolute atomic E-state index is 0.0207. The SMILES string of the molecule is CCCNc1c(N(CC)CC)c(=O)c1=S. The van der Waals surface area contributed by atoms with Gasteiger partial charge in [0.25, 0.3) is 0 Å². The minimum atomic E-state index is 0.0207. The molecule has 0 heterocycles. The van der Waals surface area contributed by atoms with Crippen molar-refractivity contribution in [3.05, 3.63) is 14.7 Å². The van der Waals surface area contributed by atoms with Crippen LogP contribution in [0.25, 0.3) is 0 Å². The van der Waals surface area contributed by atoms with Crippen molar-refractivity contribution in [3.8, 4) is 0 Å². The van der Waals surface area contributed by atoms with Gasteiger partial charge in [0.2, 0.25) is 5.43 Å². The Kier molecular flexibility index (Phi) is 4.27. The summed E-state index contributed by atoms with van der Waals surface area (Å²) in [6.07, 6.45) is 1.03. The summed E-state index contributed by atoms with van der Waals surface area (Å²) in [6.45, 7) is 8.74. The van der Waals surface area contributed by atoms with E-state index < -0.39 is 0 Å². The van der Waals surface area contributed by atoms with E-state index in [9.17, 15) is 4.79 Å². The van der Waals surface area contributed by atoms with Gasteiger partial charge in [0, 0.05) is 19.6 Å².